The lowest BCUT2D eigenvalue weighted by Gasteiger charge is -2.60. The maximum absolute atomic E-state index is 12.6. The lowest BCUT2D eigenvalue weighted by molar-refractivity contribution is -0.210. The second-order valence-electron chi connectivity index (χ2n) is 10.3. The molecule has 8 atom stereocenters. The summed E-state index contributed by atoms with van der Waals surface area (Å²) in [5, 5.41) is 9.59. The van der Waals surface area contributed by atoms with Crippen molar-refractivity contribution in [3.05, 3.63) is 0 Å². The van der Waals surface area contributed by atoms with Gasteiger partial charge < -0.3 is 4.74 Å². The highest BCUT2D eigenvalue weighted by atomic mass is 19.4. The standard InChI is InChI=1S/C22H30F3NO2/c1-20-9-7-15(28-19(27)22(23,24)25)11-13(20)3-5-16-17-6-4-14(12-26)21(17,2)10-8-18(16)20/h13-18H,3-11H2,1-2H3/t13-,14-,15+,16+,17+,18+,20+,21-/m1/s1. The van der Waals surface area contributed by atoms with E-state index in [1.807, 2.05) is 0 Å². The first kappa shape index (κ1) is 20.0. The fourth-order valence-corrected chi connectivity index (χ4v) is 7.76. The largest absolute Gasteiger partial charge is 0.490 e. The summed E-state index contributed by atoms with van der Waals surface area (Å²) >= 11 is 0. The van der Waals surface area contributed by atoms with Crippen molar-refractivity contribution >= 4 is 5.97 Å². The lowest BCUT2D eigenvalue weighted by atomic mass is 9.44. The van der Waals surface area contributed by atoms with Gasteiger partial charge in [0.05, 0.1) is 12.0 Å². The third-order valence-corrected chi connectivity index (χ3v) is 9.28. The van der Waals surface area contributed by atoms with Crippen LogP contribution in [0.1, 0.15) is 71.6 Å². The zero-order valence-corrected chi connectivity index (χ0v) is 16.7. The van der Waals surface area contributed by atoms with Crippen LogP contribution in [0, 0.1) is 51.8 Å². The molecule has 6 heteroatoms. The number of ether oxygens (including phenoxy) is 1. The Labute approximate surface area is 165 Å². The van der Waals surface area contributed by atoms with Gasteiger partial charge in [-0.2, -0.15) is 18.4 Å². The van der Waals surface area contributed by atoms with Gasteiger partial charge >= 0.3 is 12.1 Å². The third-order valence-electron chi connectivity index (χ3n) is 9.28. The molecular formula is C22H30F3NO2. The molecule has 0 saturated heterocycles. The van der Waals surface area contributed by atoms with E-state index < -0.39 is 18.2 Å². The summed E-state index contributed by atoms with van der Waals surface area (Å²) in [6.07, 6.45) is 2.87. The summed E-state index contributed by atoms with van der Waals surface area (Å²) < 4.78 is 42.5. The van der Waals surface area contributed by atoms with Crippen molar-refractivity contribution in [2.75, 3.05) is 0 Å². The van der Waals surface area contributed by atoms with Crippen LogP contribution in [0.5, 0.6) is 0 Å². The number of nitrogens with zero attached hydrogens (tertiary/aromatic N) is 1. The molecule has 4 saturated carbocycles. The predicted molar refractivity (Wildman–Crippen MR) is 96.8 cm³/mol. The second-order valence-corrected chi connectivity index (χ2v) is 10.3. The summed E-state index contributed by atoms with van der Waals surface area (Å²) in [5.41, 5.74) is 0.259. The number of halogens is 3. The summed E-state index contributed by atoms with van der Waals surface area (Å²) in [5.74, 6) is 0.271. The lowest BCUT2D eigenvalue weighted by Crippen LogP contribution is -2.54. The van der Waals surface area contributed by atoms with E-state index in [0.29, 0.717) is 36.5 Å². The van der Waals surface area contributed by atoms with Gasteiger partial charge in [0, 0.05) is 0 Å². The number of nitriles is 1. The zero-order chi connectivity index (χ0) is 20.3. The maximum atomic E-state index is 12.6. The second kappa shape index (κ2) is 6.64. The van der Waals surface area contributed by atoms with Gasteiger partial charge in [0.25, 0.3) is 0 Å². The molecule has 0 aromatic carbocycles. The minimum Gasteiger partial charge on any atom is -0.456 e. The van der Waals surface area contributed by atoms with E-state index >= 15 is 0 Å². The summed E-state index contributed by atoms with van der Waals surface area (Å²) in [4.78, 5) is 11.2. The van der Waals surface area contributed by atoms with E-state index in [1.165, 1.54) is 0 Å². The van der Waals surface area contributed by atoms with Crippen LogP contribution < -0.4 is 0 Å². The van der Waals surface area contributed by atoms with Gasteiger partial charge in [-0.15, -0.1) is 0 Å². The normalized spacial score (nSPS) is 48.0. The number of rotatable bonds is 1. The first-order chi connectivity index (χ1) is 13.1. The Bertz CT molecular complexity index is 686. The predicted octanol–water partition coefficient (Wildman–Crippen LogP) is 5.64. The van der Waals surface area contributed by atoms with E-state index in [1.54, 1.807) is 0 Å². The maximum Gasteiger partial charge on any atom is 0.490 e. The van der Waals surface area contributed by atoms with Crippen LogP contribution in [0.15, 0.2) is 0 Å². The summed E-state index contributed by atoms with van der Waals surface area (Å²) in [7, 11) is 0. The number of carbonyl (C=O) groups is 1. The van der Waals surface area contributed by atoms with Crippen molar-refractivity contribution in [2.45, 2.75) is 83.9 Å². The number of esters is 1. The molecule has 0 spiro atoms. The minimum atomic E-state index is -4.91. The van der Waals surface area contributed by atoms with E-state index in [9.17, 15) is 23.2 Å². The van der Waals surface area contributed by atoms with Gasteiger partial charge in [0.2, 0.25) is 0 Å². The molecule has 0 bridgehead atoms. The fraction of sp³-hybridized carbons (Fsp3) is 0.909. The van der Waals surface area contributed by atoms with E-state index in [-0.39, 0.29) is 16.7 Å². The average Bonchev–Trinajstić information content (AvgIpc) is 2.97. The zero-order valence-electron chi connectivity index (χ0n) is 16.7. The minimum absolute atomic E-state index is 0.121. The van der Waals surface area contributed by atoms with E-state index in [4.69, 9.17) is 4.74 Å². The van der Waals surface area contributed by atoms with Crippen LogP contribution in [0.25, 0.3) is 0 Å². The molecule has 0 heterocycles. The average molecular weight is 397 g/mol. The Morgan fingerprint density at radius 2 is 1.68 bits per heavy atom. The van der Waals surface area contributed by atoms with E-state index in [2.05, 4.69) is 19.9 Å². The van der Waals surface area contributed by atoms with Gasteiger partial charge in [-0.25, -0.2) is 4.79 Å². The van der Waals surface area contributed by atoms with Crippen LogP contribution in [0.2, 0.25) is 0 Å². The van der Waals surface area contributed by atoms with Crippen molar-refractivity contribution in [2.24, 2.45) is 40.4 Å². The molecule has 4 aliphatic carbocycles. The topological polar surface area (TPSA) is 50.1 Å². The molecule has 156 valence electrons. The molecule has 0 aromatic heterocycles. The van der Waals surface area contributed by atoms with Crippen LogP contribution in [0.4, 0.5) is 13.2 Å². The van der Waals surface area contributed by atoms with E-state index in [0.717, 1.165) is 44.9 Å². The molecule has 0 unspecified atom stereocenters. The molecule has 0 aliphatic heterocycles. The third kappa shape index (κ3) is 2.95. The Balaban J connectivity index is 1.48. The molecule has 3 nitrogen and oxygen atoms in total. The highest BCUT2D eigenvalue weighted by Crippen LogP contribution is 2.67. The molecule has 0 N–H and O–H groups in total. The Kier molecular flexibility index (Phi) is 4.75. The number of hydrogen-bond acceptors (Lipinski definition) is 3. The number of fused-ring (bicyclic) bond motifs is 5. The van der Waals surface area contributed by atoms with Crippen molar-refractivity contribution in [3.63, 3.8) is 0 Å². The van der Waals surface area contributed by atoms with Crippen molar-refractivity contribution < 1.29 is 22.7 Å². The molecule has 4 fully saturated rings. The Morgan fingerprint density at radius 1 is 1.00 bits per heavy atom. The Hall–Kier alpha value is -1.25. The Morgan fingerprint density at radius 3 is 2.36 bits per heavy atom. The summed E-state index contributed by atoms with van der Waals surface area (Å²) in [6.45, 7) is 4.65. The van der Waals surface area contributed by atoms with Gasteiger partial charge in [-0.05, 0) is 92.3 Å². The molecule has 4 rings (SSSR count). The highest BCUT2D eigenvalue weighted by molar-refractivity contribution is 5.75. The smallest absolute Gasteiger partial charge is 0.456 e. The monoisotopic (exact) mass is 397 g/mol. The number of carbonyl (C=O) groups excluding carboxylic acids is 1. The quantitative estimate of drug-likeness (QED) is 0.538. The van der Waals surface area contributed by atoms with Gasteiger partial charge in [-0.1, -0.05) is 13.8 Å². The molecule has 0 radical (unpaired) electrons. The van der Waals surface area contributed by atoms with Crippen molar-refractivity contribution in [1.29, 1.82) is 5.26 Å². The highest BCUT2D eigenvalue weighted by Gasteiger charge is 2.60. The van der Waals surface area contributed by atoms with Crippen LogP contribution in [-0.2, 0) is 9.53 Å². The number of hydrogen-bond donors (Lipinski definition) is 0. The molecule has 28 heavy (non-hydrogen) atoms. The molecular weight excluding hydrogens is 367 g/mol. The van der Waals surface area contributed by atoms with Crippen LogP contribution in [0.3, 0.4) is 0 Å². The summed E-state index contributed by atoms with van der Waals surface area (Å²) in [6, 6.07) is 2.56. The van der Waals surface area contributed by atoms with Crippen LogP contribution in [-0.4, -0.2) is 18.2 Å². The van der Waals surface area contributed by atoms with Crippen molar-refractivity contribution in [3.8, 4) is 6.07 Å². The van der Waals surface area contributed by atoms with Gasteiger partial charge in [0.15, 0.2) is 0 Å². The first-order valence-electron chi connectivity index (χ1n) is 10.8. The molecule has 0 aromatic rings. The van der Waals surface area contributed by atoms with Gasteiger partial charge in [0.1, 0.15) is 6.10 Å². The van der Waals surface area contributed by atoms with Gasteiger partial charge in [-0.3, -0.25) is 0 Å². The number of alkyl halides is 3. The molecule has 0 amide bonds. The fourth-order valence-electron chi connectivity index (χ4n) is 7.76. The SMILES string of the molecule is C[C@]12CC[C@H](OC(=O)C(F)(F)F)C[C@H]1CC[C@@H]1[C@@H]2CC[C@]2(C)[C@@H](C#N)CC[C@@H]12. The van der Waals surface area contributed by atoms with Crippen molar-refractivity contribution in [1.82, 2.24) is 0 Å². The first-order valence-corrected chi connectivity index (χ1v) is 10.8. The van der Waals surface area contributed by atoms with Crippen LogP contribution >= 0.6 is 0 Å². The molecule has 4 aliphatic rings.